The first-order valence-corrected chi connectivity index (χ1v) is 4.79. The van der Waals surface area contributed by atoms with Gasteiger partial charge in [-0.1, -0.05) is 13.8 Å². The summed E-state index contributed by atoms with van der Waals surface area (Å²) >= 11 is 0. The molecular formula is C9H17BF3KO. The van der Waals surface area contributed by atoms with E-state index in [0.29, 0.717) is 12.5 Å². The molecular weight excluding hydrogens is 231 g/mol. The summed E-state index contributed by atoms with van der Waals surface area (Å²) in [4.78, 5) is 0. The monoisotopic (exact) mass is 248 g/mol. The van der Waals surface area contributed by atoms with Gasteiger partial charge in [-0.05, 0) is 18.8 Å². The summed E-state index contributed by atoms with van der Waals surface area (Å²) < 4.78 is 40.8. The molecule has 0 heterocycles. The third kappa shape index (κ3) is 11.5. The molecule has 0 N–H and O–H groups in total. The van der Waals surface area contributed by atoms with E-state index in [9.17, 15) is 12.9 Å². The maximum absolute atomic E-state index is 12.0. The molecule has 0 bridgehead atoms. The van der Waals surface area contributed by atoms with Crippen molar-refractivity contribution in [2.45, 2.75) is 26.7 Å². The van der Waals surface area contributed by atoms with Crippen LogP contribution in [0.25, 0.3) is 0 Å². The van der Waals surface area contributed by atoms with Crippen molar-refractivity contribution in [3.8, 4) is 0 Å². The Bertz CT molecular complexity index is 183. The number of halogens is 3. The molecule has 0 aromatic heterocycles. The maximum Gasteiger partial charge on any atom is 1.00 e. The molecule has 0 saturated heterocycles. The van der Waals surface area contributed by atoms with Crippen LogP contribution in [0, 0.1) is 5.92 Å². The summed E-state index contributed by atoms with van der Waals surface area (Å²) in [6.45, 7) is 2.14. The van der Waals surface area contributed by atoms with E-state index >= 15 is 0 Å². The second kappa shape index (κ2) is 9.25. The Hall–Kier alpha value is 1.19. The Balaban J connectivity index is 0. The van der Waals surface area contributed by atoms with Gasteiger partial charge in [0.1, 0.15) is 0 Å². The second-order valence-electron chi connectivity index (χ2n) is 3.82. The summed E-state index contributed by atoms with van der Waals surface area (Å²) in [5.74, 6) is 0.564. The van der Waals surface area contributed by atoms with Crippen molar-refractivity contribution in [1.82, 2.24) is 0 Å². The van der Waals surface area contributed by atoms with Gasteiger partial charge in [0.25, 0.3) is 0 Å². The molecule has 0 aromatic rings. The van der Waals surface area contributed by atoms with Crippen molar-refractivity contribution in [3.05, 3.63) is 12.1 Å². The van der Waals surface area contributed by atoms with Gasteiger partial charge in [0.15, 0.2) is 0 Å². The van der Waals surface area contributed by atoms with Crippen molar-refractivity contribution in [1.29, 1.82) is 0 Å². The molecule has 6 heteroatoms. The Morgan fingerprint density at radius 2 is 1.87 bits per heavy atom. The first kappa shape index (κ1) is 18.6. The molecule has 84 valence electrons. The van der Waals surface area contributed by atoms with Crippen molar-refractivity contribution in [2.75, 3.05) is 13.2 Å². The van der Waals surface area contributed by atoms with Crippen LogP contribution in [-0.4, -0.2) is 20.2 Å². The zero-order valence-electron chi connectivity index (χ0n) is 9.73. The summed E-state index contributed by atoms with van der Waals surface area (Å²) in [6, 6.07) is 0. The van der Waals surface area contributed by atoms with Crippen LogP contribution in [0.4, 0.5) is 12.9 Å². The molecule has 0 atom stereocenters. The van der Waals surface area contributed by atoms with E-state index in [4.69, 9.17) is 4.74 Å². The SMILES string of the molecule is C=C(COCCCC(C)C)[B-](F)(F)F.[K+]. The summed E-state index contributed by atoms with van der Waals surface area (Å²) in [6.07, 6.45) is 1.78. The maximum atomic E-state index is 12.0. The molecule has 0 aliphatic rings. The third-order valence-corrected chi connectivity index (χ3v) is 1.82. The minimum absolute atomic E-state index is 0. The Labute approximate surface area is 132 Å². The molecule has 0 spiro atoms. The predicted molar refractivity (Wildman–Crippen MR) is 53.1 cm³/mol. The molecule has 0 aliphatic carbocycles. The van der Waals surface area contributed by atoms with Crippen LogP contribution in [0.1, 0.15) is 26.7 Å². The first-order valence-electron chi connectivity index (χ1n) is 4.79. The van der Waals surface area contributed by atoms with Crippen molar-refractivity contribution in [3.63, 3.8) is 0 Å². The number of hydrogen-bond acceptors (Lipinski definition) is 1. The second-order valence-corrected chi connectivity index (χ2v) is 3.82. The van der Waals surface area contributed by atoms with Crippen LogP contribution in [0.5, 0.6) is 0 Å². The normalized spacial score (nSPS) is 11.3. The van der Waals surface area contributed by atoms with Crippen LogP contribution in [0.2, 0.25) is 0 Å². The minimum Gasteiger partial charge on any atom is -0.445 e. The van der Waals surface area contributed by atoms with E-state index in [0.717, 1.165) is 12.8 Å². The fourth-order valence-electron chi connectivity index (χ4n) is 0.891. The van der Waals surface area contributed by atoms with E-state index < -0.39 is 12.4 Å². The Kier molecular flexibility index (Phi) is 11.4. The summed E-state index contributed by atoms with van der Waals surface area (Å²) in [5.41, 5.74) is -0.755. The van der Waals surface area contributed by atoms with Gasteiger partial charge in [-0.3, -0.25) is 0 Å². The van der Waals surface area contributed by atoms with E-state index in [1.165, 1.54) is 0 Å². The zero-order chi connectivity index (χ0) is 11.2. The fourth-order valence-corrected chi connectivity index (χ4v) is 0.891. The number of rotatable bonds is 7. The van der Waals surface area contributed by atoms with Crippen LogP contribution >= 0.6 is 0 Å². The standard InChI is InChI=1S/C9H17BF3O.K/c1-8(2)5-4-6-14-7-9(3)10(11,12)13;/h8H,3-7H2,1-2H3;/q-1;+1. The van der Waals surface area contributed by atoms with Crippen molar-refractivity contribution >= 4 is 6.98 Å². The van der Waals surface area contributed by atoms with Gasteiger partial charge in [0, 0.05) is 13.2 Å². The van der Waals surface area contributed by atoms with Gasteiger partial charge in [0.2, 0.25) is 0 Å². The summed E-state index contributed by atoms with van der Waals surface area (Å²) in [5, 5.41) is 0. The average Bonchev–Trinajstić information content (AvgIpc) is 2.01. The molecule has 0 rings (SSSR count). The molecule has 15 heavy (non-hydrogen) atoms. The molecule has 0 saturated carbocycles. The van der Waals surface area contributed by atoms with Gasteiger partial charge in [0.05, 0.1) is 0 Å². The van der Waals surface area contributed by atoms with Crippen LogP contribution in [-0.2, 0) is 4.74 Å². The minimum atomic E-state index is -4.92. The summed E-state index contributed by atoms with van der Waals surface area (Å²) in [7, 11) is 0. The van der Waals surface area contributed by atoms with E-state index in [1.807, 2.05) is 0 Å². The topological polar surface area (TPSA) is 9.23 Å². The number of hydrogen-bond donors (Lipinski definition) is 0. The van der Waals surface area contributed by atoms with Crippen molar-refractivity contribution < 1.29 is 69.1 Å². The quantitative estimate of drug-likeness (QED) is 0.467. The third-order valence-electron chi connectivity index (χ3n) is 1.82. The van der Waals surface area contributed by atoms with Gasteiger partial charge < -0.3 is 17.7 Å². The molecule has 0 aliphatic heterocycles. The van der Waals surface area contributed by atoms with Gasteiger partial charge >= 0.3 is 58.4 Å². The Morgan fingerprint density at radius 1 is 1.33 bits per heavy atom. The van der Waals surface area contributed by atoms with Crippen LogP contribution in [0.3, 0.4) is 0 Å². The molecule has 0 aromatic carbocycles. The van der Waals surface area contributed by atoms with Gasteiger partial charge in [-0.15, -0.1) is 12.1 Å². The van der Waals surface area contributed by atoms with E-state index in [1.54, 1.807) is 0 Å². The van der Waals surface area contributed by atoms with E-state index in [-0.39, 0.29) is 58.0 Å². The van der Waals surface area contributed by atoms with Crippen molar-refractivity contribution in [2.24, 2.45) is 5.92 Å². The number of ether oxygens (including phenoxy) is 1. The molecule has 1 nitrogen and oxygen atoms in total. The van der Waals surface area contributed by atoms with E-state index in [2.05, 4.69) is 20.4 Å². The van der Waals surface area contributed by atoms with Crippen LogP contribution < -0.4 is 51.4 Å². The van der Waals surface area contributed by atoms with Gasteiger partial charge in [-0.25, -0.2) is 0 Å². The Morgan fingerprint density at radius 3 is 2.27 bits per heavy atom. The van der Waals surface area contributed by atoms with Gasteiger partial charge in [-0.2, -0.15) is 0 Å². The predicted octanol–water partition coefficient (Wildman–Crippen LogP) is 0.386. The smallest absolute Gasteiger partial charge is 0.445 e. The zero-order valence-corrected chi connectivity index (χ0v) is 12.9. The largest absolute Gasteiger partial charge is 1.00 e. The first-order chi connectivity index (χ1) is 6.34. The molecule has 0 fully saturated rings. The fraction of sp³-hybridized carbons (Fsp3) is 0.778. The average molecular weight is 248 g/mol. The molecule has 0 radical (unpaired) electrons. The molecule has 0 unspecified atom stereocenters. The van der Waals surface area contributed by atoms with Crippen LogP contribution in [0.15, 0.2) is 12.1 Å². The molecule has 0 amide bonds.